The van der Waals surface area contributed by atoms with Crippen molar-refractivity contribution in [1.82, 2.24) is 5.32 Å². The van der Waals surface area contributed by atoms with Gasteiger partial charge in [0.1, 0.15) is 0 Å². The van der Waals surface area contributed by atoms with Gasteiger partial charge in [0.15, 0.2) is 0 Å². The molecule has 8 heavy (non-hydrogen) atoms. The van der Waals surface area contributed by atoms with E-state index in [-0.39, 0.29) is 5.91 Å². The average molecular weight is 118 g/mol. The van der Waals surface area contributed by atoms with Crippen molar-refractivity contribution < 1.29 is 4.79 Å². The Morgan fingerprint density at radius 3 is 1.75 bits per heavy atom. The molecule has 0 saturated carbocycles. The molecule has 0 aliphatic carbocycles. The van der Waals surface area contributed by atoms with Gasteiger partial charge in [-0.3, -0.25) is 4.79 Å². The predicted octanol–water partition coefficient (Wildman–Crippen LogP) is -0.283. The van der Waals surface area contributed by atoms with Crippen molar-refractivity contribution in [3.63, 3.8) is 0 Å². The Kier molecular flexibility index (Phi) is 12.6. The quantitative estimate of drug-likeness (QED) is 0.497. The van der Waals surface area contributed by atoms with Crippen LogP contribution in [0.5, 0.6) is 0 Å². The molecular weight excluding hydrogens is 104 g/mol. The fourth-order valence-corrected chi connectivity index (χ4v) is 0. The van der Waals surface area contributed by atoms with Gasteiger partial charge in [-0.1, -0.05) is 6.92 Å². The van der Waals surface area contributed by atoms with E-state index in [0.29, 0.717) is 6.42 Å². The van der Waals surface area contributed by atoms with Gasteiger partial charge in [0, 0.05) is 6.42 Å². The largest absolute Gasteiger partial charge is 0.370 e. The summed E-state index contributed by atoms with van der Waals surface area (Å²) in [6, 6.07) is 0. The van der Waals surface area contributed by atoms with Gasteiger partial charge in [0.05, 0.1) is 0 Å². The number of hydrogen-bond acceptors (Lipinski definition) is 2. The van der Waals surface area contributed by atoms with E-state index in [1.807, 2.05) is 14.1 Å². The van der Waals surface area contributed by atoms with Crippen molar-refractivity contribution in [2.75, 3.05) is 14.1 Å². The summed E-state index contributed by atoms with van der Waals surface area (Å²) in [6.45, 7) is 1.72. The van der Waals surface area contributed by atoms with Crippen LogP contribution in [0.2, 0.25) is 0 Å². The summed E-state index contributed by atoms with van der Waals surface area (Å²) in [5.41, 5.74) is 4.65. The molecule has 0 unspecified atom stereocenters. The number of primary amides is 1. The van der Waals surface area contributed by atoms with Crippen LogP contribution in [0, 0.1) is 0 Å². The van der Waals surface area contributed by atoms with E-state index in [1.165, 1.54) is 0 Å². The molecule has 3 heteroatoms. The number of nitrogens with two attached hydrogens (primary N) is 1. The lowest BCUT2D eigenvalue weighted by molar-refractivity contribution is -0.117. The highest BCUT2D eigenvalue weighted by atomic mass is 16.1. The summed E-state index contributed by atoms with van der Waals surface area (Å²) in [5.74, 6) is -0.245. The van der Waals surface area contributed by atoms with Crippen LogP contribution in [0.15, 0.2) is 0 Å². The van der Waals surface area contributed by atoms with Gasteiger partial charge in [-0.25, -0.2) is 0 Å². The number of rotatable bonds is 1. The van der Waals surface area contributed by atoms with Gasteiger partial charge in [-0.15, -0.1) is 0 Å². The molecule has 0 aromatic heterocycles. The third kappa shape index (κ3) is 52.1. The van der Waals surface area contributed by atoms with Gasteiger partial charge in [-0.05, 0) is 14.1 Å². The fraction of sp³-hybridized carbons (Fsp3) is 0.800. The van der Waals surface area contributed by atoms with Crippen molar-refractivity contribution in [2.45, 2.75) is 13.3 Å². The van der Waals surface area contributed by atoms with Crippen LogP contribution in [0.25, 0.3) is 0 Å². The van der Waals surface area contributed by atoms with E-state index >= 15 is 0 Å². The van der Waals surface area contributed by atoms with E-state index < -0.39 is 0 Å². The molecule has 3 nitrogen and oxygen atoms in total. The minimum Gasteiger partial charge on any atom is -0.370 e. The van der Waals surface area contributed by atoms with Crippen molar-refractivity contribution in [2.24, 2.45) is 5.73 Å². The molecule has 0 saturated heterocycles. The zero-order valence-corrected chi connectivity index (χ0v) is 5.69. The summed E-state index contributed by atoms with van der Waals surface area (Å²) >= 11 is 0. The number of carbonyl (C=O) groups excluding carboxylic acids is 1. The minimum atomic E-state index is -0.245. The Morgan fingerprint density at radius 1 is 1.62 bits per heavy atom. The smallest absolute Gasteiger partial charge is 0.217 e. The Balaban J connectivity index is 0. The second-order valence-corrected chi connectivity index (χ2v) is 1.32. The van der Waals surface area contributed by atoms with Crippen LogP contribution in [0.3, 0.4) is 0 Å². The summed E-state index contributed by atoms with van der Waals surface area (Å²) in [7, 11) is 3.75. The number of hydrogen-bond donors (Lipinski definition) is 2. The Hall–Kier alpha value is -0.570. The maximum Gasteiger partial charge on any atom is 0.217 e. The molecule has 0 heterocycles. The number of amides is 1. The average Bonchev–Trinajstić information content (AvgIpc) is 1.69. The van der Waals surface area contributed by atoms with Gasteiger partial charge in [0.2, 0.25) is 5.91 Å². The molecule has 0 bridgehead atoms. The topological polar surface area (TPSA) is 55.1 Å². The maximum absolute atomic E-state index is 9.59. The molecule has 0 aromatic carbocycles. The van der Waals surface area contributed by atoms with Crippen LogP contribution in [0.4, 0.5) is 0 Å². The highest BCUT2D eigenvalue weighted by molar-refractivity contribution is 5.73. The molecule has 1 amide bonds. The van der Waals surface area contributed by atoms with Crippen molar-refractivity contribution in [3.05, 3.63) is 0 Å². The SMILES string of the molecule is CCC(N)=O.CNC. The van der Waals surface area contributed by atoms with Crippen molar-refractivity contribution >= 4 is 5.91 Å². The Labute approximate surface area is 50.3 Å². The van der Waals surface area contributed by atoms with Crippen LogP contribution in [-0.4, -0.2) is 20.0 Å². The molecule has 0 spiro atoms. The second-order valence-electron chi connectivity index (χ2n) is 1.32. The molecule has 50 valence electrons. The lowest BCUT2D eigenvalue weighted by Crippen LogP contribution is -2.06. The summed E-state index contributed by atoms with van der Waals surface area (Å²) < 4.78 is 0. The molecule has 0 fully saturated rings. The van der Waals surface area contributed by atoms with Gasteiger partial charge < -0.3 is 11.1 Å². The second kappa shape index (κ2) is 9.66. The standard InChI is InChI=1S/C3H7NO.C2H7N/c1-2-3(4)5;1-3-2/h2H2,1H3,(H2,4,5);3H,1-2H3. The highest BCUT2D eigenvalue weighted by Gasteiger charge is 1.77. The molecule has 0 atom stereocenters. The Bertz CT molecular complexity index is 54.4. The summed E-state index contributed by atoms with van der Waals surface area (Å²) in [4.78, 5) is 9.59. The molecular formula is C5H14N2O. The van der Waals surface area contributed by atoms with Crippen molar-refractivity contribution in [1.29, 1.82) is 0 Å². The van der Waals surface area contributed by atoms with E-state index in [2.05, 4.69) is 11.1 Å². The van der Waals surface area contributed by atoms with Gasteiger partial charge >= 0.3 is 0 Å². The zero-order valence-electron chi connectivity index (χ0n) is 5.69. The lowest BCUT2D eigenvalue weighted by atomic mass is 10.5. The normalized spacial score (nSPS) is 6.88. The first kappa shape index (κ1) is 10.4. The van der Waals surface area contributed by atoms with E-state index in [0.717, 1.165) is 0 Å². The minimum absolute atomic E-state index is 0.245. The van der Waals surface area contributed by atoms with Crippen LogP contribution in [-0.2, 0) is 4.79 Å². The Morgan fingerprint density at radius 2 is 1.75 bits per heavy atom. The number of nitrogens with one attached hydrogen (secondary N) is 1. The van der Waals surface area contributed by atoms with E-state index in [9.17, 15) is 4.79 Å². The van der Waals surface area contributed by atoms with E-state index in [1.54, 1.807) is 6.92 Å². The fourth-order valence-electron chi connectivity index (χ4n) is 0. The molecule has 0 rings (SSSR count). The molecule has 0 radical (unpaired) electrons. The van der Waals surface area contributed by atoms with Crippen LogP contribution < -0.4 is 11.1 Å². The van der Waals surface area contributed by atoms with E-state index in [4.69, 9.17) is 0 Å². The monoisotopic (exact) mass is 118 g/mol. The number of carbonyl (C=O) groups is 1. The summed E-state index contributed by atoms with van der Waals surface area (Å²) in [6.07, 6.45) is 0.444. The van der Waals surface area contributed by atoms with Gasteiger partial charge in [0.25, 0.3) is 0 Å². The summed E-state index contributed by atoms with van der Waals surface area (Å²) in [5, 5.41) is 2.75. The van der Waals surface area contributed by atoms with Gasteiger partial charge in [-0.2, -0.15) is 0 Å². The molecule has 0 aliphatic heterocycles. The molecule has 0 aliphatic rings. The third-order valence-corrected chi connectivity index (χ3v) is 0.348. The predicted molar refractivity (Wildman–Crippen MR) is 34.5 cm³/mol. The van der Waals surface area contributed by atoms with Crippen LogP contribution in [0.1, 0.15) is 13.3 Å². The third-order valence-electron chi connectivity index (χ3n) is 0.348. The first-order valence-electron chi connectivity index (χ1n) is 2.55. The van der Waals surface area contributed by atoms with Crippen LogP contribution >= 0.6 is 0 Å². The maximum atomic E-state index is 9.59. The first-order valence-corrected chi connectivity index (χ1v) is 2.55. The highest BCUT2D eigenvalue weighted by Crippen LogP contribution is 1.63. The zero-order chi connectivity index (χ0) is 6.99. The lowest BCUT2D eigenvalue weighted by Gasteiger charge is -1.73. The van der Waals surface area contributed by atoms with Crippen molar-refractivity contribution in [3.8, 4) is 0 Å². The molecule has 0 aromatic rings. The first-order chi connectivity index (χ1) is 3.68. The molecule has 3 N–H and O–H groups in total.